The van der Waals surface area contributed by atoms with E-state index in [4.69, 9.17) is 0 Å². The molecule has 2 atom stereocenters. The van der Waals surface area contributed by atoms with Crippen LogP contribution in [0.15, 0.2) is 24.3 Å². The normalized spacial score (nSPS) is 26.2. The molecule has 116 valence electrons. The van der Waals surface area contributed by atoms with Crippen LogP contribution in [0, 0.1) is 0 Å². The molecule has 1 aromatic carbocycles. The lowest BCUT2D eigenvalue weighted by molar-refractivity contribution is 0.203. The van der Waals surface area contributed by atoms with E-state index in [0.29, 0.717) is 6.04 Å². The number of rotatable bonds is 5. The van der Waals surface area contributed by atoms with Gasteiger partial charge >= 0.3 is 0 Å². The molecule has 2 aliphatic rings. The molecule has 0 aromatic heterocycles. The summed E-state index contributed by atoms with van der Waals surface area (Å²) in [4.78, 5) is 5.28. The molecule has 0 saturated carbocycles. The van der Waals surface area contributed by atoms with Crippen molar-refractivity contribution in [2.45, 2.75) is 45.3 Å². The van der Waals surface area contributed by atoms with Gasteiger partial charge in [0.05, 0.1) is 0 Å². The number of benzene rings is 1. The summed E-state index contributed by atoms with van der Waals surface area (Å²) in [6.07, 6.45) is 2.52. The summed E-state index contributed by atoms with van der Waals surface area (Å²) in [5.41, 5.74) is 3.02. The van der Waals surface area contributed by atoms with Gasteiger partial charge in [0.1, 0.15) is 0 Å². The van der Waals surface area contributed by atoms with Crippen molar-refractivity contribution in [2.24, 2.45) is 0 Å². The molecule has 1 saturated heterocycles. The standard InChI is InChI=1S/C18H29N3/c1-3-21(4-2)18-9-10-20(14-18)13-17-11-15-7-5-6-8-16(15)12-19-17/h5-8,17-19H,3-4,9-14H2,1-2H3. The van der Waals surface area contributed by atoms with E-state index in [2.05, 4.69) is 53.2 Å². The number of nitrogens with zero attached hydrogens (tertiary/aromatic N) is 2. The van der Waals surface area contributed by atoms with Crippen LogP contribution in [0.3, 0.4) is 0 Å². The van der Waals surface area contributed by atoms with E-state index in [1.807, 2.05) is 0 Å². The maximum Gasteiger partial charge on any atom is 0.0238 e. The van der Waals surface area contributed by atoms with E-state index in [-0.39, 0.29) is 0 Å². The molecule has 0 radical (unpaired) electrons. The minimum Gasteiger partial charge on any atom is -0.308 e. The lowest BCUT2D eigenvalue weighted by atomic mass is 9.96. The first-order valence-corrected chi connectivity index (χ1v) is 8.56. The third kappa shape index (κ3) is 3.47. The molecule has 0 spiro atoms. The third-order valence-corrected chi connectivity index (χ3v) is 5.22. The highest BCUT2D eigenvalue weighted by molar-refractivity contribution is 5.30. The molecule has 2 unspecified atom stereocenters. The van der Waals surface area contributed by atoms with Gasteiger partial charge in [0.25, 0.3) is 0 Å². The lowest BCUT2D eigenvalue weighted by Gasteiger charge is -2.30. The predicted molar refractivity (Wildman–Crippen MR) is 88.5 cm³/mol. The average molecular weight is 287 g/mol. The fourth-order valence-electron chi connectivity index (χ4n) is 3.98. The molecular weight excluding hydrogens is 258 g/mol. The smallest absolute Gasteiger partial charge is 0.0238 e. The Bertz CT molecular complexity index is 456. The fourth-order valence-corrected chi connectivity index (χ4v) is 3.98. The van der Waals surface area contributed by atoms with E-state index in [1.165, 1.54) is 51.1 Å². The van der Waals surface area contributed by atoms with Crippen LogP contribution < -0.4 is 5.32 Å². The lowest BCUT2D eigenvalue weighted by Crippen LogP contribution is -2.45. The fraction of sp³-hybridized carbons (Fsp3) is 0.667. The Hall–Kier alpha value is -0.900. The van der Waals surface area contributed by atoms with Gasteiger partial charge in [-0.2, -0.15) is 0 Å². The van der Waals surface area contributed by atoms with Crippen molar-refractivity contribution in [1.82, 2.24) is 15.1 Å². The second-order valence-corrected chi connectivity index (χ2v) is 6.47. The molecule has 1 N–H and O–H groups in total. The molecule has 1 aromatic rings. The van der Waals surface area contributed by atoms with Crippen LogP contribution in [0.2, 0.25) is 0 Å². The van der Waals surface area contributed by atoms with Gasteiger partial charge in [-0.3, -0.25) is 4.90 Å². The first-order valence-electron chi connectivity index (χ1n) is 8.56. The number of hydrogen-bond donors (Lipinski definition) is 1. The summed E-state index contributed by atoms with van der Waals surface area (Å²) < 4.78 is 0. The topological polar surface area (TPSA) is 18.5 Å². The maximum atomic E-state index is 3.72. The number of fused-ring (bicyclic) bond motifs is 1. The van der Waals surface area contributed by atoms with Crippen molar-refractivity contribution in [3.8, 4) is 0 Å². The number of likely N-dealkylation sites (N-methyl/N-ethyl adjacent to an activating group) is 1. The van der Waals surface area contributed by atoms with Gasteiger partial charge in [0.15, 0.2) is 0 Å². The number of hydrogen-bond acceptors (Lipinski definition) is 3. The summed E-state index contributed by atoms with van der Waals surface area (Å²) in [5.74, 6) is 0. The SMILES string of the molecule is CCN(CC)C1CCN(CC2Cc3ccccc3CN2)C1. The Morgan fingerprint density at radius 3 is 2.71 bits per heavy atom. The molecule has 3 rings (SSSR count). The van der Waals surface area contributed by atoms with E-state index in [9.17, 15) is 0 Å². The zero-order valence-corrected chi connectivity index (χ0v) is 13.5. The zero-order valence-electron chi connectivity index (χ0n) is 13.5. The highest BCUT2D eigenvalue weighted by Gasteiger charge is 2.28. The van der Waals surface area contributed by atoms with E-state index < -0.39 is 0 Å². The minimum atomic E-state index is 0.621. The second kappa shape index (κ2) is 6.91. The summed E-state index contributed by atoms with van der Waals surface area (Å²) in [5, 5.41) is 3.72. The highest BCUT2D eigenvalue weighted by Crippen LogP contribution is 2.20. The number of likely N-dealkylation sites (tertiary alicyclic amines) is 1. The van der Waals surface area contributed by atoms with Gasteiger partial charge in [-0.05, 0) is 43.6 Å². The first kappa shape index (κ1) is 15.0. The highest BCUT2D eigenvalue weighted by atomic mass is 15.3. The predicted octanol–water partition coefficient (Wildman–Crippen LogP) is 2.12. The van der Waals surface area contributed by atoms with Crippen LogP contribution in [0.5, 0.6) is 0 Å². The van der Waals surface area contributed by atoms with Crippen molar-refractivity contribution in [3.63, 3.8) is 0 Å². The molecule has 2 aliphatic heterocycles. The Morgan fingerprint density at radius 2 is 1.95 bits per heavy atom. The monoisotopic (exact) mass is 287 g/mol. The largest absolute Gasteiger partial charge is 0.308 e. The first-order chi connectivity index (χ1) is 10.3. The molecule has 3 heteroatoms. The molecule has 21 heavy (non-hydrogen) atoms. The van der Waals surface area contributed by atoms with Crippen LogP contribution in [0.4, 0.5) is 0 Å². The second-order valence-electron chi connectivity index (χ2n) is 6.47. The van der Waals surface area contributed by atoms with Gasteiger partial charge in [-0.1, -0.05) is 38.1 Å². The Kier molecular flexibility index (Phi) is 4.94. The van der Waals surface area contributed by atoms with Crippen LogP contribution in [-0.4, -0.2) is 54.6 Å². The van der Waals surface area contributed by atoms with E-state index >= 15 is 0 Å². The third-order valence-electron chi connectivity index (χ3n) is 5.22. The summed E-state index contributed by atoms with van der Waals surface area (Å²) in [6, 6.07) is 10.3. The molecule has 3 nitrogen and oxygen atoms in total. The van der Waals surface area contributed by atoms with Crippen molar-refractivity contribution >= 4 is 0 Å². The van der Waals surface area contributed by atoms with Gasteiger partial charge in [-0.25, -0.2) is 0 Å². The van der Waals surface area contributed by atoms with Crippen LogP contribution in [0.1, 0.15) is 31.4 Å². The molecule has 1 fully saturated rings. The van der Waals surface area contributed by atoms with Crippen molar-refractivity contribution in [3.05, 3.63) is 35.4 Å². The summed E-state index contributed by atoms with van der Waals surface area (Å²) in [6.45, 7) is 11.7. The van der Waals surface area contributed by atoms with Crippen molar-refractivity contribution in [2.75, 3.05) is 32.7 Å². The Labute approximate surface area is 129 Å². The van der Waals surface area contributed by atoms with Crippen LogP contribution in [0.25, 0.3) is 0 Å². The van der Waals surface area contributed by atoms with Gasteiger partial charge in [0, 0.05) is 31.7 Å². The molecule has 0 aliphatic carbocycles. The van der Waals surface area contributed by atoms with Crippen LogP contribution in [-0.2, 0) is 13.0 Å². The van der Waals surface area contributed by atoms with Gasteiger partial charge in [0.2, 0.25) is 0 Å². The van der Waals surface area contributed by atoms with Gasteiger partial charge in [-0.15, -0.1) is 0 Å². The molecule has 0 bridgehead atoms. The van der Waals surface area contributed by atoms with E-state index in [0.717, 1.165) is 12.6 Å². The summed E-state index contributed by atoms with van der Waals surface area (Å²) >= 11 is 0. The molecule has 2 heterocycles. The Balaban J connectivity index is 1.52. The maximum absolute atomic E-state index is 3.72. The van der Waals surface area contributed by atoms with Crippen molar-refractivity contribution < 1.29 is 0 Å². The molecular formula is C18H29N3. The molecule has 0 amide bonds. The Morgan fingerprint density at radius 1 is 1.19 bits per heavy atom. The van der Waals surface area contributed by atoms with Crippen LogP contribution >= 0.6 is 0 Å². The summed E-state index contributed by atoms with van der Waals surface area (Å²) in [7, 11) is 0. The quantitative estimate of drug-likeness (QED) is 0.895. The van der Waals surface area contributed by atoms with Crippen molar-refractivity contribution in [1.29, 1.82) is 0 Å². The minimum absolute atomic E-state index is 0.621. The van der Waals surface area contributed by atoms with E-state index in [1.54, 1.807) is 5.56 Å². The number of nitrogens with one attached hydrogen (secondary N) is 1. The van der Waals surface area contributed by atoms with Gasteiger partial charge < -0.3 is 10.2 Å². The average Bonchev–Trinajstić information content (AvgIpc) is 2.97. The zero-order chi connectivity index (χ0) is 14.7.